The molecule has 0 bridgehead atoms. The molecule has 0 unspecified atom stereocenters. The molecule has 4 heteroatoms. The van der Waals surface area contributed by atoms with E-state index in [1.54, 1.807) is 13.2 Å². The van der Waals surface area contributed by atoms with E-state index in [0.29, 0.717) is 11.5 Å². The van der Waals surface area contributed by atoms with Crippen LogP contribution in [-0.4, -0.2) is 13.1 Å². The van der Waals surface area contributed by atoms with Crippen molar-refractivity contribution in [2.75, 3.05) is 7.11 Å². The molecule has 0 radical (unpaired) electrons. The van der Waals surface area contributed by atoms with Crippen LogP contribution in [0.1, 0.15) is 37.8 Å². The van der Waals surface area contributed by atoms with Crippen molar-refractivity contribution in [1.29, 1.82) is 0 Å². The summed E-state index contributed by atoms with van der Waals surface area (Å²) in [7, 11) is 1.55. The fraction of sp³-hybridized carbons (Fsp3) is 0.500. The molecular weight excluding hydrogens is 230 g/mol. The maximum Gasteiger partial charge on any atom is 0.308 e. The van der Waals surface area contributed by atoms with Crippen LogP contribution in [-0.2, 0) is 4.79 Å². The second kappa shape index (κ2) is 5.40. The molecule has 18 heavy (non-hydrogen) atoms. The number of esters is 1. The van der Waals surface area contributed by atoms with Gasteiger partial charge in [0.05, 0.1) is 7.11 Å². The zero-order valence-electron chi connectivity index (χ0n) is 10.8. The summed E-state index contributed by atoms with van der Waals surface area (Å²) in [6, 6.07) is 5.51. The number of methoxy groups -OCH3 is 1. The van der Waals surface area contributed by atoms with E-state index in [0.717, 1.165) is 17.9 Å². The molecule has 2 N–H and O–H groups in total. The summed E-state index contributed by atoms with van der Waals surface area (Å²) < 4.78 is 10.3. The summed E-state index contributed by atoms with van der Waals surface area (Å²) in [6.07, 6.45) is 3.59. The van der Waals surface area contributed by atoms with Gasteiger partial charge in [0.15, 0.2) is 11.5 Å². The monoisotopic (exact) mass is 249 g/mol. The fourth-order valence-corrected chi connectivity index (χ4v) is 2.00. The molecule has 1 fully saturated rings. The third-order valence-corrected chi connectivity index (χ3v) is 3.15. The van der Waals surface area contributed by atoms with E-state index in [1.165, 1.54) is 19.8 Å². The average molecular weight is 249 g/mol. The Morgan fingerprint density at radius 1 is 1.44 bits per heavy atom. The van der Waals surface area contributed by atoms with E-state index in [4.69, 9.17) is 15.2 Å². The van der Waals surface area contributed by atoms with Gasteiger partial charge in [-0.15, -0.1) is 0 Å². The van der Waals surface area contributed by atoms with Gasteiger partial charge in [-0.3, -0.25) is 4.79 Å². The van der Waals surface area contributed by atoms with Crippen LogP contribution in [0.25, 0.3) is 0 Å². The van der Waals surface area contributed by atoms with E-state index in [1.807, 2.05) is 12.1 Å². The van der Waals surface area contributed by atoms with E-state index in [9.17, 15) is 4.79 Å². The minimum atomic E-state index is -0.358. The third-order valence-electron chi connectivity index (χ3n) is 3.15. The molecule has 0 spiro atoms. The van der Waals surface area contributed by atoms with Gasteiger partial charge >= 0.3 is 5.97 Å². The van der Waals surface area contributed by atoms with Crippen molar-refractivity contribution in [3.63, 3.8) is 0 Å². The molecule has 0 aliphatic heterocycles. The summed E-state index contributed by atoms with van der Waals surface area (Å²) in [6.45, 7) is 1.37. The van der Waals surface area contributed by atoms with Crippen LogP contribution in [0.15, 0.2) is 18.2 Å². The zero-order chi connectivity index (χ0) is 13.1. The first-order valence-electron chi connectivity index (χ1n) is 6.22. The third kappa shape index (κ3) is 3.23. The Bertz CT molecular complexity index is 441. The Balaban J connectivity index is 2.14. The van der Waals surface area contributed by atoms with Gasteiger partial charge in [-0.25, -0.2) is 0 Å². The molecular formula is C14H19NO3. The summed E-state index contributed by atoms with van der Waals surface area (Å²) >= 11 is 0. The number of rotatable bonds is 5. The summed E-state index contributed by atoms with van der Waals surface area (Å²) in [5, 5.41) is 0. The largest absolute Gasteiger partial charge is 0.493 e. The first-order valence-corrected chi connectivity index (χ1v) is 6.22. The Hall–Kier alpha value is -1.55. The SMILES string of the molecule is COc1cc([C@@H](N)CC2CC2)ccc1OC(C)=O. The predicted octanol–water partition coefficient (Wildman–Crippen LogP) is 2.42. The lowest BCUT2D eigenvalue weighted by atomic mass is 10.0. The van der Waals surface area contributed by atoms with E-state index in [-0.39, 0.29) is 12.0 Å². The highest BCUT2D eigenvalue weighted by Crippen LogP contribution is 2.38. The van der Waals surface area contributed by atoms with Crippen molar-refractivity contribution in [2.24, 2.45) is 11.7 Å². The van der Waals surface area contributed by atoms with Gasteiger partial charge in [0.25, 0.3) is 0 Å². The Labute approximate surface area is 107 Å². The lowest BCUT2D eigenvalue weighted by molar-refractivity contribution is -0.132. The molecule has 0 amide bonds. The number of benzene rings is 1. The molecule has 1 aromatic rings. The van der Waals surface area contributed by atoms with Gasteiger partial charge in [0.1, 0.15) is 0 Å². The van der Waals surface area contributed by atoms with E-state index in [2.05, 4.69) is 0 Å². The molecule has 1 aliphatic rings. The van der Waals surface area contributed by atoms with Crippen molar-refractivity contribution in [2.45, 2.75) is 32.2 Å². The number of hydrogen-bond donors (Lipinski definition) is 1. The van der Waals surface area contributed by atoms with Crippen LogP contribution in [0, 0.1) is 5.92 Å². The number of carbonyl (C=O) groups is 1. The average Bonchev–Trinajstić information content (AvgIpc) is 3.12. The van der Waals surface area contributed by atoms with Crippen LogP contribution in [0.4, 0.5) is 0 Å². The standard InChI is InChI=1S/C14H19NO3/c1-9(16)18-13-6-5-11(8-14(13)17-2)12(15)7-10-3-4-10/h5-6,8,10,12H,3-4,7,15H2,1-2H3/t12-/m0/s1. The zero-order valence-corrected chi connectivity index (χ0v) is 10.8. The smallest absolute Gasteiger partial charge is 0.308 e. The molecule has 1 atom stereocenters. The van der Waals surface area contributed by atoms with Gasteiger partial charge in [0.2, 0.25) is 0 Å². The summed E-state index contributed by atoms with van der Waals surface area (Å²) in [5.74, 6) is 1.41. The molecule has 98 valence electrons. The van der Waals surface area contributed by atoms with Crippen molar-refractivity contribution in [1.82, 2.24) is 0 Å². The van der Waals surface area contributed by atoms with Gasteiger partial charge in [-0.1, -0.05) is 18.9 Å². The number of hydrogen-bond acceptors (Lipinski definition) is 4. The highest BCUT2D eigenvalue weighted by atomic mass is 16.6. The van der Waals surface area contributed by atoms with Crippen molar-refractivity contribution in [3.8, 4) is 11.5 Å². The highest BCUT2D eigenvalue weighted by molar-refractivity contribution is 5.70. The van der Waals surface area contributed by atoms with Gasteiger partial charge in [0, 0.05) is 13.0 Å². The Morgan fingerprint density at radius 3 is 2.72 bits per heavy atom. The van der Waals surface area contributed by atoms with Gasteiger partial charge in [-0.05, 0) is 30.0 Å². The number of ether oxygens (including phenoxy) is 2. The Morgan fingerprint density at radius 2 is 2.17 bits per heavy atom. The van der Waals surface area contributed by atoms with Crippen LogP contribution >= 0.6 is 0 Å². The minimum absolute atomic E-state index is 0.0257. The second-order valence-electron chi connectivity index (χ2n) is 4.79. The number of nitrogens with two attached hydrogens (primary N) is 1. The molecule has 0 heterocycles. The maximum atomic E-state index is 11.0. The normalized spacial score (nSPS) is 16.2. The molecule has 2 rings (SSSR count). The molecule has 0 saturated heterocycles. The second-order valence-corrected chi connectivity index (χ2v) is 4.79. The van der Waals surface area contributed by atoms with Crippen molar-refractivity contribution >= 4 is 5.97 Å². The van der Waals surface area contributed by atoms with Gasteiger partial charge in [-0.2, -0.15) is 0 Å². The minimum Gasteiger partial charge on any atom is -0.493 e. The first-order chi connectivity index (χ1) is 8.60. The van der Waals surface area contributed by atoms with Crippen LogP contribution in [0.3, 0.4) is 0 Å². The lowest BCUT2D eigenvalue weighted by Gasteiger charge is -2.14. The van der Waals surface area contributed by atoms with Gasteiger partial charge < -0.3 is 15.2 Å². The molecule has 1 aliphatic carbocycles. The maximum absolute atomic E-state index is 11.0. The van der Waals surface area contributed by atoms with Crippen LogP contribution < -0.4 is 15.2 Å². The lowest BCUT2D eigenvalue weighted by Crippen LogP contribution is -2.11. The molecule has 1 aromatic carbocycles. The molecule has 4 nitrogen and oxygen atoms in total. The number of carbonyl (C=O) groups excluding carboxylic acids is 1. The Kier molecular flexibility index (Phi) is 3.87. The topological polar surface area (TPSA) is 61.6 Å². The van der Waals surface area contributed by atoms with E-state index < -0.39 is 0 Å². The van der Waals surface area contributed by atoms with Crippen molar-refractivity contribution < 1.29 is 14.3 Å². The molecule has 0 aromatic heterocycles. The van der Waals surface area contributed by atoms with Crippen LogP contribution in [0.5, 0.6) is 11.5 Å². The summed E-state index contributed by atoms with van der Waals surface area (Å²) in [4.78, 5) is 11.0. The predicted molar refractivity (Wildman–Crippen MR) is 68.6 cm³/mol. The quantitative estimate of drug-likeness (QED) is 0.643. The highest BCUT2D eigenvalue weighted by Gasteiger charge is 2.25. The fourth-order valence-electron chi connectivity index (χ4n) is 2.00. The first kappa shape index (κ1) is 12.9. The van der Waals surface area contributed by atoms with Crippen molar-refractivity contribution in [3.05, 3.63) is 23.8 Å². The van der Waals surface area contributed by atoms with Crippen LogP contribution in [0.2, 0.25) is 0 Å². The summed E-state index contributed by atoms with van der Waals surface area (Å²) in [5.41, 5.74) is 7.17. The molecule has 1 saturated carbocycles. The van der Waals surface area contributed by atoms with E-state index >= 15 is 0 Å².